The molecule has 0 aliphatic carbocycles. The maximum atomic E-state index is 11.7. The third-order valence-electron chi connectivity index (χ3n) is 2.37. The molecule has 2 heterocycles. The highest BCUT2D eigenvalue weighted by Crippen LogP contribution is 2.19. The van der Waals surface area contributed by atoms with E-state index in [1.807, 2.05) is 0 Å². The summed E-state index contributed by atoms with van der Waals surface area (Å²) in [6.45, 7) is 0.378. The van der Waals surface area contributed by atoms with Crippen LogP contribution in [-0.4, -0.2) is 23.3 Å². The Morgan fingerprint density at radius 2 is 2.44 bits per heavy atom. The van der Waals surface area contributed by atoms with Gasteiger partial charge < -0.3 is 10.6 Å². The van der Waals surface area contributed by atoms with Crippen molar-refractivity contribution in [3.05, 3.63) is 23.5 Å². The molecular weight excluding hydrogens is 230 g/mol. The molecule has 2 N–H and O–H groups in total. The number of pyridine rings is 1. The lowest BCUT2D eigenvalue weighted by Crippen LogP contribution is -2.24. The maximum Gasteiger partial charge on any atom is 0.229 e. The SMILES string of the molecule is O=C1CC(C(=O)Nc2cccnc2Cl)CN1. The molecule has 0 spiro atoms. The summed E-state index contributed by atoms with van der Waals surface area (Å²) in [5.41, 5.74) is 0.466. The van der Waals surface area contributed by atoms with Crippen LogP contribution < -0.4 is 10.6 Å². The summed E-state index contributed by atoms with van der Waals surface area (Å²) >= 11 is 5.80. The first-order valence-corrected chi connectivity index (χ1v) is 5.22. The van der Waals surface area contributed by atoms with Crippen molar-refractivity contribution in [1.82, 2.24) is 10.3 Å². The van der Waals surface area contributed by atoms with Crippen molar-refractivity contribution in [2.45, 2.75) is 6.42 Å². The summed E-state index contributed by atoms with van der Waals surface area (Å²) in [7, 11) is 0. The molecule has 6 heteroatoms. The van der Waals surface area contributed by atoms with Crippen molar-refractivity contribution in [3.8, 4) is 0 Å². The number of hydrogen-bond acceptors (Lipinski definition) is 3. The number of anilines is 1. The van der Waals surface area contributed by atoms with Crippen LogP contribution >= 0.6 is 11.6 Å². The molecule has 0 aromatic carbocycles. The lowest BCUT2D eigenvalue weighted by Gasteiger charge is -2.09. The zero-order valence-corrected chi connectivity index (χ0v) is 9.12. The molecule has 1 atom stereocenters. The third-order valence-corrected chi connectivity index (χ3v) is 2.67. The molecule has 1 unspecified atom stereocenters. The van der Waals surface area contributed by atoms with Crippen LogP contribution in [-0.2, 0) is 9.59 Å². The highest BCUT2D eigenvalue weighted by molar-refractivity contribution is 6.32. The fourth-order valence-electron chi connectivity index (χ4n) is 1.50. The van der Waals surface area contributed by atoms with Gasteiger partial charge in [-0.3, -0.25) is 9.59 Å². The number of amides is 2. The second-order valence-electron chi connectivity index (χ2n) is 3.54. The van der Waals surface area contributed by atoms with Crippen molar-refractivity contribution in [2.75, 3.05) is 11.9 Å². The van der Waals surface area contributed by atoms with Crippen LogP contribution in [0.5, 0.6) is 0 Å². The second-order valence-corrected chi connectivity index (χ2v) is 3.89. The molecule has 0 saturated carbocycles. The van der Waals surface area contributed by atoms with Crippen LogP contribution in [0.15, 0.2) is 18.3 Å². The Balaban J connectivity index is 2.03. The first-order chi connectivity index (χ1) is 7.66. The largest absolute Gasteiger partial charge is 0.355 e. The van der Waals surface area contributed by atoms with Crippen LogP contribution in [0.3, 0.4) is 0 Å². The minimum absolute atomic E-state index is 0.0996. The molecular formula is C10H10ClN3O2. The second kappa shape index (κ2) is 4.49. The number of halogens is 1. The molecule has 0 bridgehead atoms. The topological polar surface area (TPSA) is 71.1 Å². The monoisotopic (exact) mass is 239 g/mol. The fourth-order valence-corrected chi connectivity index (χ4v) is 1.67. The van der Waals surface area contributed by atoms with Crippen molar-refractivity contribution in [3.63, 3.8) is 0 Å². The quantitative estimate of drug-likeness (QED) is 0.751. The van der Waals surface area contributed by atoms with E-state index in [1.54, 1.807) is 18.3 Å². The minimum Gasteiger partial charge on any atom is -0.355 e. The molecule has 84 valence electrons. The lowest BCUT2D eigenvalue weighted by atomic mass is 10.1. The van der Waals surface area contributed by atoms with Gasteiger partial charge in [-0.15, -0.1) is 0 Å². The van der Waals surface area contributed by atoms with Gasteiger partial charge in [0.1, 0.15) is 0 Å². The van der Waals surface area contributed by atoms with Gasteiger partial charge in [-0.2, -0.15) is 0 Å². The number of hydrogen-bond donors (Lipinski definition) is 2. The number of rotatable bonds is 2. The predicted molar refractivity (Wildman–Crippen MR) is 59.0 cm³/mol. The highest BCUT2D eigenvalue weighted by atomic mass is 35.5. The van der Waals surface area contributed by atoms with Crippen molar-refractivity contribution >= 4 is 29.1 Å². The van der Waals surface area contributed by atoms with Gasteiger partial charge >= 0.3 is 0 Å². The van der Waals surface area contributed by atoms with Crippen molar-refractivity contribution < 1.29 is 9.59 Å². The van der Waals surface area contributed by atoms with Gasteiger partial charge in [0, 0.05) is 19.2 Å². The summed E-state index contributed by atoms with van der Waals surface area (Å²) in [6.07, 6.45) is 1.77. The predicted octanol–water partition coefficient (Wildman–Crippen LogP) is 0.810. The van der Waals surface area contributed by atoms with Crippen LogP contribution in [0, 0.1) is 5.92 Å². The average molecular weight is 240 g/mol. The van der Waals surface area contributed by atoms with E-state index in [4.69, 9.17) is 11.6 Å². The van der Waals surface area contributed by atoms with Crippen molar-refractivity contribution in [1.29, 1.82) is 0 Å². The third kappa shape index (κ3) is 2.30. The molecule has 1 aliphatic rings. The molecule has 16 heavy (non-hydrogen) atoms. The van der Waals surface area contributed by atoms with Crippen LogP contribution in [0.25, 0.3) is 0 Å². The smallest absolute Gasteiger partial charge is 0.229 e. The van der Waals surface area contributed by atoms with E-state index in [2.05, 4.69) is 15.6 Å². The Morgan fingerprint density at radius 3 is 3.06 bits per heavy atom. The summed E-state index contributed by atoms with van der Waals surface area (Å²) in [5.74, 6) is -0.644. The Morgan fingerprint density at radius 1 is 1.62 bits per heavy atom. The molecule has 2 amide bonds. The molecule has 1 saturated heterocycles. The Kier molecular flexibility index (Phi) is 3.05. The molecule has 1 aliphatic heterocycles. The van der Waals surface area contributed by atoms with E-state index in [0.29, 0.717) is 12.2 Å². The summed E-state index contributed by atoms with van der Waals surface area (Å²) in [6, 6.07) is 3.34. The van der Waals surface area contributed by atoms with Crippen LogP contribution in [0.4, 0.5) is 5.69 Å². The first kappa shape index (κ1) is 10.9. The van der Waals surface area contributed by atoms with Crippen molar-refractivity contribution in [2.24, 2.45) is 5.92 Å². The normalized spacial score (nSPS) is 19.3. The highest BCUT2D eigenvalue weighted by Gasteiger charge is 2.28. The van der Waals surface area contributed by atoms with Gasteiger partial charge in [-0.1, -0.05) is 11.6 Å². The molecule has 2 rings (SSSR count). The molecule has 5 nitrogen and oxygen atoms in total. The summed E-state index contributed by atoms with van der Waals surface area (Å²) < 4.78 is 0. The average Bonchev–Trinajstić information content (AvgIpc) is 2.68. The van der Waals surface area contributed by atoms with Gasteiger partial charge in [0.2, 0.25) is 11.8 Å². The number of aromatic nitrogens is 1. The molecule has 1 aromatic rings. The van der Waals surface area contributed by atoms with Gasteiger partial charge in [0.05, 0.1) is 11.6 Å². The fraction of sp³-hybridized carbons (Fsp3) is 0.300. The van der Waals surface area contributed by atoms with E-state index in [9.17, 15) is 9.59 Å². The van der Waals surface area contributed by atoms with Gasteiger partial charge in [-0.05, 0) is 12.1 Å². The van der Waals surface area contributed by atoms with Gasteiger partial charge in [0.25, 0.3) is 0 Å². The molecule has 0 radical (unpaired) electrons. The number of nitrogens with zero attached hydrogens (tertiary/aromatic N) is 1. The van der Waals surface area contributed by atoms with E-state index in [0.717, 1.165) is 0 Å². The molecule has 1 fully saturated rings. The zero-order chi connectivity index (χ0) is 11.5. The van der Waals surface area contributed by atoms with Gasteiger partial charge in [-0.25, -0.2) is 4.98 Å². The van der Waals surface area contributed by atoms with Crippen LogP contribution in [0.1, 0.15) is 6.42 Å². The number of carbonyl (C=O) groups excluding carboxylic acids is 2. The summed E-state index contributed by atoms with van der Waals surface area (Å²) in [5, 5.41) is 5.49. The Labute approximate surface area is 97.2 Å². The zero-order valence-electron chi connectivity index (χ0n) is 8.37. The van der Waals surface area contributed by atoms with Gasteiger partial charge in [0.15, 0.2) is 5.15 Å². The van der Waals surface area contributed by atoms with E-state index in [-0.39, 0.29) is 29.3 Å². The maximum absolute atomic E-state index is 11.7. The Bertz CT molecular complexity index is 436. The van der Waals surface area contributed by atoms with Crippen LogP contribution in [0.2, 0.25) is 5.15 Å². The van der Waals surface area contributed by atoms with E-state index < -0.39 is 0 Å². The Hall–Kier alpha value is -1.62. The number of carbonyl (C=O) groups is 2. The summed E-state index contributed by atoms with van der Waals surface area (Å²) in [4.78, 5) is 26.5. The first-order valence-electron chi connectivity index (χ1n) is 4.85. The van der Waals surface area contributed by atoms with E-state index in [1.165, 1.54) is 0 Å². The molecule has 1 aromatic heterocycles. The standard InChI is InChI=1S/C10H10ClN3O2/c11-9-7(2-1-3-12-9)14-10(16)6-4-8(15)13-5-6/h1-3,6H,4-5H2,(H,13,15)(H,14,16). The minimum atomic E-state index is -0.330. The number of nitrogens with one attached hydrogen (secondary N) is 2. The van der Waals surface area contributed by atoms with E-state index >= 15 is 0 Å². The lowest BCUT2D eigenvalue weighted by molar-refractivity contribution is -0.123.